The van der Waals surface area contributed by atoms with Gasteiger partial charge < -0.3 is 9.73 Å². The molecule has 0 radical (unpaired) electrons. The topological polar surface area (TPSA) is 51.0 Å². The number of aromatic nitrogens is 2. The number of hydrogen-bond acceptors (Lipinski definition) is 4. The second kappa shape index (κ2) is 4.99. The lowest BCUT2D eigenvalue weighted by atomic mass is 10.1. The zero-order chi connectivity index (χ0) is 12.3. The number of furan rings is 1. The molecule has 2 aromatic heterocycles. The predicted octanol–water partition coefficient (Wildman–Crippen LogP) is 3.04. The summed E-state index contributed by atoms with van der Waals surface area (Å²) in [5.41, 5.74) is 2.99. The zero-order valence-electron chi connectivity index (χ0n) is 10.4. The molecule has 0 aromatic carbocycles. The van der Waals surface area contributed by atoms with E-state index in [-0.39, 0.29) is 0 Å². The van der Waals surface area contributed by atoms with E-state index in [9.17, 15) is 0 Å². The first-order valence-electron chi connectivity index (χ1n) is 5.84. The smallest absolute Gasteiger partial charge is 0.133 e. The molecule has 0 spiro atoms. The van der Waals surface area contributed by atoms with Crippen molar-refractivity contribution in [2.45, 2.75) is 26.7 Å². The summed E-state index contributed by atoms with van der Waals surface area (Å²) >= 11 is 0. The van der Waals surface area contributed by atoms with Gasteiger partial charge in [-0.15, -0.1) is 0 Å². The maximum Gasteiger partial charge on any atom is 0.133 e. The fraction of sp³-hybridized carbons (Fsp3) is 0.385. The molecule has 0 aliphatic heterocycles. The van der Waals surface area contributed by atoms with E-state index in [0.29, 0.717) is 0 Å². The summed E-state index contributed by atoms with van der Waals surface area (Å²) in [6.07, 6.45) is 5.30. The van der Waals surface area contributed by atoms with Gasteiger partial charge in [0.2, 0.25) is 0 Å². The van der Waals surface area contributed by atoms with Gasteiger partial charge in [0.15, 0.2) is 0 Å². The van der Waals surface area contributed by atoms with Gasteiger partial charge in [0.05, 0.1) is 18.2 Å². The summed E-state index contributed by atoms with van der Waals surface area (Å²) in [6.45, 7) is 4.14. The van der Waals surface area contributed by atoms with Crippen molar-refractivity contribution in [1.82, 2.24) is 9.97 Å². The van der Waals surface area contributed by atoms with Crippen LogP contribution in [0.15, 0.2) is 23.0 Å². The van der Waals surface area contributed by atoms with Gasteiger partial charge in [-0.05, 0) is 19.4 Å². The van der Waals surface area contributed by atoms with Gasteiger partial charge >= 0.3 is 0 Å². The fourth-order valence-electron chi connectivity index (χ4n) is 1.82. The average molecular weight is 231 g/mol. The monoisotopic (exact) mass is 231 g/mol. The molecule has 2 heterocycles. The van der Waals surface area contributed by atoms with Crippen molar-refractivity contribution in [2.24, 2.45) is 0 Å². The molecule has 1 N–H and O–H groups in total. The molecule has 2 rings (SSSR count). The number of rotatable bonds is 4. The van der Waals surface area contributed by atoms with Crippen LogP contribution in [0.25, 0.3) is 11.3 Å². The zero-order valence-corrected chi connectivity index (χ0v) is 10.4. The number of nitrogens with one attached hydrogen (secondary N) is 1. The van der Waals surface area contributed by atoms with Crippen LogP contribution in [-0.2, 0) is 6.42 Å². The van der Waals surface area contributed by atoms with Crippen molar-refractivity contribution in [3.05, 3.63) is 30.0 Å². The molecule has 0 aliphatic rings. The molecule has 0 bridgehead atoms. The number of anilines is 1. The van der Waals surface area contributed by atoms with Crippen LogP contribution < -0.4 is 5.32 Å². The highest BCUT2D eigenvalue weighted by atomic mass is 16.3. The molecule has 4 nitrogen and oxygen atoms in total. The number of hydrogen-bond donors (Lipinski definition) is 1. The number of aryl methyl sites for hydroxylation is 1. The maximum absolute atomic E-state index is 5.12. The Morgan fingerprint density at radius 1 is 1.35 bits per heavy atom. The minimum absolute atomic E-state index is 0.874. The highest BCUT2D eigenvalue weighted by Gasteiger charge is 2.12. The van der Waals surface area contributed by atoms with Crippen LogP contribution in [0.4, 0.5) is 5.82 Å². The predicted molar refractivity (Wildman–Crippen MR) is 68.0 cm³/mol. The molecule has 17 heavy (non-hydrogen) atoms. The molecule has 0 saturated carbocycles. The Morgan fingerprint density at radius 3 is 2.76 bits per heavy atom. The Balaban J connectivity index is 2.53. The summed E-state index contributed by atoms with van der Waals surface area (Å²) in [7, 11) is 1.88. The Hall–Kier alpha value is -1.84. The van der Waals surface area contributed by atoms with E-state index in [1.54, 1.807) is 12.5 Å². The van der Waals surface area contributed by atoms with Crippen molar-refractivity contribution in [3.8, 4) is 11.3 Å². The highest BCUT2D eigenvalue weighted by Crippen LogP contribution is 2.26. The fourth-order valence-corrected chi connectivity index (χ4v) is 1.82. The van der Waals surface area contributed by atoms with Gasteiger partial charge in [0.1, 0.15) is 11.6 Å². The van der Waals surface area contributed by atoms with Crippen LogP contribution in [0.1, 0.15) is 24.7 Å². The van der Waals surface area contributed by atoms with Gasteiger partial charge in [0, 0.05) is 24.6 Å². The molecule has 90 valence electrons. The molecule has 0 aliphatic carbocycles. The SMILES string of the molecule is CCCc1nc(NC)c(C)c(-c2ccoc2)n1. The quantitative estimate of drug-likeness (QED) is 0.878. The minimum atomic E-state index is 0.874. The highest BCUT2D eigenvalue weighted by molar-refractivity contribution is 5.67. The molecule has 0 atom stereocenters. The molecule has 0 saturated heterocycles. The van der Waals surface area contributed by atoms with Crippen LogP contribution in [0, 0.1) is 6.92 Å². The van der Waals surface area contributed by atoms with Crippen molar-refractivity contribution < 1.29 is 4.42 Å². The molecular weight excluding hydrogens is 214 g/mol. The molecule has 0 fully saturated rings. The molecule has 2 aromatic rings. The van der Waals surface area contributed by atoms with Crippen LogP contribution in [0.5, 0.6) is 0 Å². The lowest BCUT2D eigenvalue weighted by Gasteiger charge is -2.10. The van der Waals surface area contributed by atoms with E-state index >= 15 is 0 Å². The molecule has 0 amide bonds. The van der Waals surface area contributed by atoms with E-state index in [2.05, 4.69) is 22.2 Å². The molecular formula is C13H17N3O. The van der Waals surface area contributed by atoms with Crippen LogP contribution in [0.3, 0.4) is 0 Å². The van der Waals surface area contributed by atoms with E-state index in [4.69, 9.17) is 4.42 Å². The van der Waals surface area contributed by atoms with Crippen molar-refractivity contribution in [3.63, 3.8) is 0 Å². The summed E-state index contributed by atoms with van der Waals surface area (Å²) in [4.78, 5) is 9.10. The summed E-state index contributed by atoms with van der Waals surface area (Å²) in [6, 6.07) is 1.92. The average Bonchev–Trinajstić information content (AvgIpc) is 2.85. The third-order valence-electron chi connectivity index (χ3n) is 2.70. The van der Waals surface area contributed by atoms with Gasteiger partial charge in [-0.1, -0.05) is 6.92 Å². The van der Waals surface area contributed by atoms with Gasteiger partial charge in [-0.25, -0.2) is 9.97 Å². The van der Waals surface area contributed by atoms with Crippen molar-refractivity contribution >= 4 is 5.82 Å². The van der Waals surface area contributed by atoms with Gasteiger partial charge in [-0.3, -0.25) is 0 Å². The third-order valence-corrected chi connectivity index (χ3v) is 2.70. The van der Waals surface area contributed by atoms with Crippen LogP contribution in [0.2, 0.25) is 0 Å². The second-order valence-corrected chi connectivity index (χ2v) is 3.97. The van der Waals surface area contributed by atoms with E-state index in [0.717, 1.165) is 41.3 Å². The van der Waals surface area contributed by atoms with E-state index in [1.165, 1.54) is 0 Å². The Kier molecular flexibility index (Phi) is 3.42. The normalized spacial score (nSPS) is 10.5. The molecule has 0 unspecified atom stereocenters. The summed E-state index contributed by atoms with van der Waals surface area (Å²) in [5, 5.41) is 3.11. The lowest BCUT2D eigenvalue weighted by molar-refractivity contribution is 0.568. The maximum atomic E-state index is 5.12. The number of nitrogens with zero attached hydrogens (tertiary/aromatic N) is 2. The Labute approximate surface area is 101 Å². The van der Waals surface area contributed by atoms with E-state index < -0.39 is 0 Å². The summed E-state index contributed by atoms with van der Waals surface area (Å²) < 4.78 is 5.12. The summed E-state index contributed by atoms with van der Waals surface area (Å²) in [5.74, 6) is 1.76. The second-order valence-electron chi connectivity index (χ2n) is 3.97. The first kappa shape index (κ1) is 11.6. The third kappa shape index (κ3) is 2.30. The van der Waals surface area contributed by atoms with Crippen molar-refractivity contribution in [1.29, 1.82) is 0 Å². The standard InChI is InChI=1S/C13H17N3O/c1-4-5-11-15-12(10-6-7-17-8-10)9(2)13(14-3)16-11/h6-8H,4-5H2,1-3H3,(H,14,15,16). The van der Waals surface area contributed by atoms with Crippen LogP contribution >= 0.6 is 0 Å². The minimum Gasteiger partial charge on any atom is -0.472 e. The van der Waals surface area contributed by atoms with Crippen LogP contribution in [-0.4, -0.2) is 17.0 Å². The van der Waals surface area contributed by atoms with Gasteiger partial charge in [0.25, 0.3) is 0 Å². The Bertz CT molecular complexity index is 492. The largest absolute Gasteiger partial charge is 0.472 e. The Morgan fingerprint density at radius 2 is 2.18 bits per heavy atom. The first-order chi connectivity index (χ1) is 8.26. The lowest BCUT2D eigenvalue weighted by Crippen LogP contribution is -2.04. The molecule has 4 heteroatoms. The van der Waals surface area contributed by atoms with Gasteiger partial charge in [-0.2, -0.15) is 0 Å². The van der Waals surface area contributed by atoms with E-state index in [1.807, 2.05) is 20.0 Å². The first-order valence-corrected chi connectivity index (χ1v) is 5.84. The van der Waals surface area contributed by atoms with Crippen molar-refractivity contribution in [2.75, 3.05) is 12.4 Å².